The Bertz CT molecular complexity index is 559. The summed E-state index contributed by atoms with van der Waals surface area (Å²) in [5.74, 6) is -0.803. The van der Waals surface area contributed by atoms with Gasteiger partial charge >= 0.3 is 0 Å². The van der Waals surface area contributed by atoms with Gasteiger partial charge in [-0.3, -0.25) is 9.59 Å². The van der Waals surface area contributed by atoms with Crippen molar-refractivity contribution >= 4 is 35.0 Å². The van der Waals surface area contributed by atoms with Crippen LogP contribution >= 0.6 is 23.2 Å². The van der Waals surface area contributed by atoms with Crippen LogP contribution in [0.3, 0.4) is 0 Å². The van der Waals surface area contributed by atoms with Gasteiger partial charge in [0.1, 0.15) is 0 Å². The summed E-state index contributed by atoms with van der Waals surface area (Å²) in [6.45, 7) is 0.0390. The average Bonchev–Trinajstić information content (AvgIpc) is 2.40. The van der Waals surface area contributed by atoms with Crippen LogP contribution < -0.4 is 10.6 Å². The first-order chi connectivity index (χ1) is 9.89. The van der Waals surface area contributed by atoms with E-state index in [0.29, 0.717) is 17.9 Å². The van der Waals surface area contributed by atoms with Crippen molar-refractivity contribution in [3.63, 3.8) is 0 Å². The third-order valence-electron chi connectivity index (χ3n) is 3.48. The van der Waals surface area contributed by atoms with E-state index in [2.05, 4.69) is 10.6 Å². The van der Waals surface area contributed by atoms with Crippen LogP contribution in [0.1, 0.15) is 29.6 Å². The second-order valence-corrected chi connectivity index (χ2v) is 6.01. The summed E-state index contributed by atoms with van der Waals surface area (Å²) in [7, 11) is 0. The van der Waals surface area contributed by atoms with Crippen LogP contribution in [0.4, 0.5) is 0 Å². The Kier molecular flexibility index (Phi) is 5.08. The molecule has 21 heavy (non-hydrogen) atoms. The molecule has 1 aromatic rings. The number of rotatable bonds is 5. The molecule has 0 aromatic heterocycles. The lowest BCUT2D eigenvalue weighted by atomic mass is 9.80. The Morgan fingerprint density at radius 2 is 1.95 bits per heavy atom. The van der Waals surface area contributed by atoms with Gasteiger partial charge in [0.25, 0.3) is 5.91 Å². The van der Waals surface area contributed by atoms with Gasteiger partial charge in [-0.1, -0.05) is 23.2 Å². The second kappa shape index (κ2) is 6.64. The molecule has 1 aromatic carbocycles. The molecule has 3 N–H and O–H groups in total. The van der Waals surface area contributed by atoms with Crippen molar-refractivity contribution in [3.05, 3.63) is 33.8 Å². The minimum atomic E-state index is -0.779. The SMILES string of the molecule is O=C(CNC(=O)c1ccc(Cl)cc1Cl)NCC1(O)CCC1. The average molecular weight is 331 g/mol. The summed E-state index contributed by atoms with van der Waals surface area (Å²) in [6.07, 6.45) is 2.36. The lowest BCUT2D eigenvalue weighted by molar-refractivity contribution is -0.122. The fourth-order valence-corrected chi connectivity index (χ4v) is 2.51. The molecule has 2 amide bonds. The lowest BCUT2D eigenvalue weighted by Gasteiger charge is -2.36. The Morgan fingerprint density at radius 1 is 1.24 bits per heavy atom. The standard InChI is InChI=1S/C14H16Cl2N2O3/c15-9-2-3-10(11(16)6-9)13(20)17-7-12(19)18-8-14(21)4-1-5-14/h2-3,6,21H,1,4-5,7-8H2,(H,17,20)(H,18,19). The van der Waals surface area contributed by atoms with E-state index < -0.39 is 11.5 Å². The highest BCUT2D eigenvalue weighted by molar-refractivity contribution is 6.36. The molecular formula is C14H16Cl2N2O3. The number of hydrogen-bond acceptors (Lipinski definition) is 3. The lowest BCUT2D eigenvalue weighted by Crippen LogP contribution is -2.49. The Morgan fingerprint density at radius 3 is 2.52 bits per heavy atom. The topological polar surface area (TPSA) is 78.4 Å². The van der Waals surface area contributed by atoms with Crippen LogP contribution in [0.15, 0.2) is 18.2 Å². The zero-order valence-corrected chi connectivity index (χ0v) is 12.8. The van der Waals surface area contributed by atoms with Crippen molar-refractivity contribution in [2.75, 3.05) is 13.1 Å². The van der Waals surface area contributed by atoms with E-state index in [9.17, 15) is 14.7 Å². The molecule has 1 fully saturated rings. The largest absolute Gasteiger partial charge is 0.388 e. The number of halogens is 2. The van der Waals surface area contributed by atoms with E-state index in [4.69, 9.17) is 23.2 Å². The first kappa shape index (κ1) is 16.1. The van der Waals surface area contributed by atoms with Gasteiger partial charge in [0.15, 0.2) is 0 Å². The minimum Gasteiger partial charge on any atom is -0.388 e. The summed E-state index contributed by atoms with van der Waals surface area (Å²) in [5, 5.41) is 15.6. The van der Waals surface area contributed by atoms with Crippen LogP contribution in [0.25, 0.3) is 0 Å². The van der Waals surface area contributed by atoms with Gasteiger partial charge in [0, 0.05) is 11.6 Å². The molecule has 1 aliphatic carbocycles. The molecular weight excluding hydrogens is 315 g/mol. The molecule has 0 saturated heterocycles. The fourth-order valence-electron chi connectivity index (χ4n) is 2.02. The molecule has 0 bridgehead atoms. The summed E-state index contributed by atoms with van der Waals surface area (Å²) in [5.41, 5.74) is -0.523. The summed E-state index contributed by atoms with van der Waals surface area (Å²) < 4.78 is 0. The molecule has 0 atom stereocenters. The summed E-state index contributed by atoms with van der Waals surface area (Å²) >= 11 is 11.7. The molecule has 0 radical (unpaired) electrons. The van der Waals surface area contributed by atoms with Crippen molar-refractivity contribution in [3.8, 4) is 0 Å². The van der Waals surface area contributed by atoms with Crippen LogP contribution in [0.2, 0.25) is 10.0 Å². The van der Waals surface area contributed by atoms with Gasteiger partial charge in [-0.15, -0.1) is 0 Å². The Labute approximate surface area is 132 Å². The third kappa shape index (κ3) is 4.33. The van der Waals surface area contributed by atoms with Crippen molar-refractivity contribution < 1.29 is 14.7 Å². The van der Waals surface area contributed by atoms with E-state index in [1.54, 1.807) is 6.07 Å². The number of amides is 2. The van der Waals surface area contributed by atoms with Gasteiger partial charge in [0.05, 0.1) is 22.7 Å². The second-order valence-electron chi connectivity index (χ2n) is 5.16. The molecule has 0 aliphatic heterocycles. The number of benzene rings is 1. The van der Waals surface area contributed by atoms with Gasteiger partial charge in [0.2, 0.25) is 5.91 Å². The van der Waals surface area contributed by atoms with Crippen molar-refractivity contribution in [2.24, 2.45) is 0 Å². The maximum Gasteiger partial charge on any atom is 0.253 e. The summed E-state index contributed by atoms with van der Waals surface area (Å²) in [4.78, 5) is 23.5. The van der Waals surface area contributed by atoms with E-state index >= 15 is 0 Å². The highest BCUT2D eigenvalue weighted by Crippen LogP contribution is 2.30. The van der Waals surface area contributed by atoms with Gasteiger partial charge in [-0.2, -0.15) is 0 Å². The van der Waals surface area contributed by atoms with Gasteiger partial charge in [-0.25, -0.2) is 0 Å². The molecule has 1 aliphatic rings. The van der Waals surface area contributed by atoms with E-state index in [1.165, 1.54) is 12.1 Å². The van der Waals surface area contributed by atoms with Gasteiger partial charge in [-0.05, 0) is 37.5 Å². The maximum atomic E-state index is 11.9. The van der Waals surface area contributed by atoms with E-state index in [-0.39, 0.29) is 29.6 Å². The van der Waals surface area contributed by atoms with Crippen molar-refractivity contribution in [1.29, 1.82) is 0 Å². The van der Waals surface area contributed by atoms with Crippen molar-refractivity contribution in [1.82, 2.24) is 10.6 Å². The molecule has 5 nitrogen and oxygen atoms in total. The van der Waals surface area contributed by atoms with E-state index in [0.717, 1.165) is 6.42 Å². The van der Waals surface area contributed by atoms with Crippen molar-refractivity contribution in [2.45, 2.75) is 24.9 Å². The number of carbonyl (C=O) groups excluding carboxylic acids is 2. The van der Waals surface area contributed by atoms with Crippen LogP contribution in [0, 0.1) is 0 Å². The quantitative estimate of drug-likeness (QED) is 0.769. The predicted molar refractivity (Wildman–Crippen MR) is 80.6 cm³/mol. The zero-order chi connectivity index (χ0) is 15.5. The first-order valence-corrected chi connectivity index (χ1v) is 7.38. The van der Waals surface area contributed by atoms with E-state index in [1.807, 2.05) is 0 Å². The van der Waals surface area contributed by atoms with Crippen LogP contribution in [-0.4, -0.2) is 35.6 Å². The monoisotopic (exact) mass is 330 g/mol. The van der Waals surface area contributed by atoms with Gasteiger partial charge < -0.3 is 15.7 Å². The number of carbonyl (C=O) groups is 2. The molecule has 0 spiro atoms. The third-order valence-corrected chi connectivity index (χ3v) is 4.03. The predicted octanol–water partition coefficient (Wildman–Crippen LogP) is 1.75. The highest BCUT2D eigenvalue weighted by atomic mass is 35.5. The zero-order valence-electron chi connectivity index (χ0n) is 11.3. The number of nitrogens with one attached hydrogen (secondary N) is 2. The fraction of sp³-hybridized carbons (Fsp3) is 0.429. The first-order valence-electron chi connectivity index (χ1n) is 6.62. The maximum absolute atomic E-state index is 11.9. The number of hydrogen-bond donors (Lipinski definition) is 3. The van der Waals surface area contributed by atoms with Crippen LogP contribution in [0.5, 0.6) is 0 Å². The molecule has 1 saturated carbocycles. The molecule has 114 valence electrons. The number of aliphatic hydroxyl groups is 1. The smallest absolute Gasteiger partial charge is 0.253 e. The highest BCUT2D eigenvalue weighted by Gasteiger charge is 2.34. The van der Waals surface area contributed by atoms with Crippen LogP contribution in [-0.2, 0) is 4.79 Å². The normalized spacial score (nSPS) is 16.0. The molecule has 2 rings (SSSR count). The molecule has 0 heterocycles. The Balaban J connectivity index is 1.79. The summed E-state index contributed by atoms with van der Waals surface area (Å²) in [6, 6.07) is 4.51. The minimum absolute atomic E-state index is 0.173. The molecule has 0 unspecified atom stereocenters. The molecule has 7 heteroatoms. The Hall–Kier alpha value is -1.30.